The summed E-state index contributed by atoms with van der Waals surface area (Å²) in [4.78, 5) is 11.2. The number of ether oxygens (including phenoxy) is 2. The molecule has 0 aromatic heterocycles. The van der Waals surface area contributed by atoms with Gasteiger partial charge < -0.3 is 15.2 Å². The van der Waals surface area contributed by atoms with Gasteiger partial charge in [-0.05, 0) is 18.7 Å². The van der Waals surface area contributed by atoms with Crippen LogP contribution >= 0.6 is 0 Å². The van der Waals surface area contributed by atoms with Gasteiger partial charge in [0.05, 0.1) is 20.6 Å². The lowest BCUT2D eigenvalue weighted by Gasteiger charge is -2.17. The van der Waals surface area contributed by atoms with Gasteiger partial charge in [0.1, 0.15) is 11.6 Å². The van der Waals surface area contributed by atoms with E-state index >= 15 is 0 Å². The molecule has 1 aromatic rings. The van der Waals surface area contributed by atoms with Crippen LogP contribution in [0.2, 0.25) is 0 Å². The van der Waals surface area contributed by atoms with E-state index in [0.29, 0.717) is 11.3 Å². The maximum atomic E-state index is 13.7. The van der Waals surface area contributed by atoms with E-state index in [1.165, 1.54) is 20.3 Å². The van der Waals surface area contributed by atoms with Crippen LogP contribution in [-0.2, 0) is 9.53 Å². The molecule has 2 N–H and O–H groups in total. The van der Waals surface area contributed by atoms with Crippen LogP contribution in [0, 0.1) is 5.82 Å². The fraction of sp³-hybridized carbons (Fsp3) is 0.417. The highest BCUT2D eigenvalue weighted by Gasteiger charge is 2.22. The van der Waals surface area contributed by atoms with Crippen LogP contribution in [0.3, 0.4) is 0 Å². The molecule has 17 heavy (non-hydrogen) atoms. The molecule has 0 fully saturated rings. The second-order valence-corrected chi connectivity index (χ2v) is 3.57. The number of rotatable bonds is 5. The summed E-state index contributed by atoms with van der Waals surface area (Å²) < 4.78 is 23.4. The van der Waals surface area contributed by atoms with Crippen molar-refractivity contribution in [2.75, 3.05) is 20.8 Å². The molecule has 0 aliphatic carbocycles. The zero-order chi connectivity index (χ0) is 12.8. The molecular formula is C12H16FNO3. The normalized spacial score (nSPS) is 12.0. The minimum absolute atomic E-state index is 0.0320. The highest BCUT2D eigenvalue weighted by molar-refractivity contribution is 5.70. The fourth-order valence-corrected chi connectivity index (χ4v) is 1.68. The summed E-state index contributed by atoms with van der Waals surface area (Å²) in [6.07, 6.45) is 0.0320. The summed E-state index contributed by atoms with van der Waals surface area (Å²) in [6.45, 7) is 0.145. The van der Waals surface area contributed by atoms with Crippen molar-refractivity contribution in [2.24, 2.45) is 5.73 Å². The van der Waals surface area contributed by atoms with Crippen LogP contribution in [0.1, 0.15) is 17.9 Å². The monoisotopic (exact) mass is 241 g/mol. The maximum Gasteiger partial charge on any atom is 0.306 e. The summed E-state index contributed by atoms with van der Waals surface area (Å²) in [5.74, 6) is -0.905. The van der Waals surface area contributed by atoms with E-state index in [2.05, 4.69) is 4.74 Å². The minimum Gasteiger partial charge on any atom is -0.496 e. The molecule has 0 heterocycles. The van der Waals surface area contributed by atoms with Crippen molar-refractivity contribution in [3.8, 4) is 5.75 Å². The molecule has 0 spiro atoms. The number of benzene rings is 1. The molecule has 1 rings (SSSR count). The number of methoxy groups -OCH3 is 2. The van der Waals surface area contributed by atoms with Crippen molar-refractivity contribution in [1.82, 2.24) is 0 Å². The summed E-state index contributed by atoms with van der Waals surface area (Å²) in [5, 5.41) is 0. The second-order valence-electron chi connectivity index (χ2n) is 3.57. The number of halogens is 1. The van der Waals surface area contributed by atoms with Crippen molar-refractivity contribution >= 4 is 5.97 Å². The molecular weight excluding hydrogens is 225 g/mol. The number of nitrogens with two attached hydrogens (primary N) is 1. The van der Waals surface area contributed by atoms with E-state index < -0.39 is 17.7 Å². The van der Waals surface area contributed by atoms with E-state index in [0.717, 1.165) is 0 Å². The Bertz CT molecular complexity index is 395. The van der Waals surface area contributed by atoms with E-state index in [4.69, 9.17) is 10.5 Å². The van der Waals surface area contributed by atoms with Gasteiger partial charge in [0.15, 0.2) is 0 Å². The summed E-state index contributed by atoms with van der Waals surface area (Å²) in [5.41, 5.74) is 5.89. The van der Waals surface area contributed by atoms with E-state index in [9.17, 15) is 9.18 Å². The second kappa shape index (κ2) is 6.20. The predicted octanol–water partition coefficient (Wildman–Crippen LogP) is 1.44. The Hall–Kier alpha value is -1.62. The van der Waals surface area contributed by atoms with Gasteiger partial charge >= 0.3 is 5.97 Å². The largest absolute Gasteiger partial charge is 0.496 e. The quantitative estimate of drug-likeness (QED) is 0.792. The molecule has 0 saturated carbocycles. The summed E-state index contributed by atoms with van der Waals surface area (Å²) in [7, 11) is 2.73. The molecule has 0 aliphatic rings. The van der Waals surface area contributed by atoms with Gasteiger partial charge in [0, 0.05) is 11.5 Å². The zero-order valence-electron chi connectivity index (χ0n) is 9.90. The van der Waals surface area contributed by atoms with Crippen LogP contribution in [0.4, 0.5) is 4.39 Å². The molecule has 94 valence electrons. The van der Waals surface area contributed by atoms with E-state index in [1.54, 1.807) is 12.1 Å². The van der Waals surface area contributed by atoms with Crippen molar-refractivity contribution in [3.63, 3.8) is 0 Å². The molecule has 1 aromatic carbocycles. The fourth-order valence-electron chi connectivity index (χ4n) is 1.68. The third kappa shape index (κ3) is 3.17. The number of esters is 1. The first-order valence-electron chi connectivity index (χ1n) is 5.23. The van der Waals surface area contributed by atoms with Crippen LogP contribution in [0.5, 0.6) is 5.75 Å². The number of hydrogen-bond donors (Lipinski definition) is 1. The lowest BCUT2D eigenvalue weighted by molar-refractivity contribution is -0.141. The Labute approximate surface area is 99.5 Å². The van der Waals surface area contributed by atoms with Crippen LogP contribution in [-0.4, -0.2) is 26.7 Å². The third-order valence-corrected chi connectivity index (χ3v) is 2.57. The average Bonchev–Trinajstić information content (AvgIpc) is 2.35. The SMILES string of the molecule is COC(=O)CC(CN)c1c(F)cccc1OC. The van der Waals surface area contributed by atoms with Crippen molar-refractivity contribution < 1.29 is 18.7 Å². The molecule has 5 heteroatoms. The number of hydrogen-bond acceptors (Lipinski definition) is 4. The lowest BCUT2D eigenvalue weighted by Crippen LogP contribution is -2.19. The molecule has 1 unspecified atom stereocenters. The van der Waals surface area contributed by atoms with Crippen LogP contribution < -0.4 is 10.5 Å². The number of carbonyl (C=O) groups excluding carboxylic acids is 1. The maximum absolute atomic E-state index is 13.7. The lowest BCUT2D eigenvalue weighted by atomic mass is 9.94. The zero-order valence-corrected chi connectivity index (χ0v) is 9.90. The summed E-state index contributed by atoms with van der Waals surface area (Å²) in [6, 6.07) is 4.50. The van der Waals surface area contributed by atoms with Gasteiger partial charge in [0.25, 0.3) is 0 Å². The van der Waals surface area contributed by atoms with E-state index in [1.807, 2.05) is 0 Å². The van der Waals surface area contributed by atoms with Gasteiger partial charge in [0.2, 0.25) is 0 Å². The molecule has 0 saturated heterocycles. The topological polar surface area (TPSA) is 61.5 Å². The van der Waals surface area contributed by atoms with Gasteiger partial charge in [-0.1, -0.05) is 6.07 Å². The molecule has 0 amide bonds. The molecule has 0 bridgehead atoms. The Morgan fingerprint density at radius 2 is 2.18 bits per heavy atom. The van der Waals surface area contributed by atoms with Crippen LogP contribution in [0.25, 0.3) is 0 Å². The average molecular weight is 241 g/mol. The van der Waals surface area contributed by atoms with Crippen LogP contribution in [0.15, 0.2) is 18.2 Å². The highest BCUT2D eigenvalue weighted by Crippen LogP contribution is 2.31. The molecule has 1 atom stereocenters. The Balaban J connectivity index is 3.06. The first kappa shape index (κ1) is 13.4. The minimum atomic E-state index is -0.446. The predicted molar refractivity (Wildman–Crippen MR) is 61.4 cm³/mol. The van der Waals surface area contributed by atoms with Gasteiger partial charge in [-0.2, -0.15) is 0 Å². The van der Waals surface area contributed by atoms with Gasteiger partial charge in [-0.15, -0.1) is 0 Å². The van der Waals surface area contributed by atoms with Crippen molar-refractivity contribution in [3.05, 3.63) is 29.6 Å². The smallest absolute Gasteiger partial charge is 0.306 e. The first-order chi connectivity index (χ1) is 8.13. The third-order valence-electron chi connectivity index (χ3n) is 2.57. The Kier molecular flexibility index (Phi) is 4.90. The Morgan fingerprint density at radius 1 is 1.47 bits per heavy atom. The van der Waals surface area contributed by atoms with Crippen molar-refractivity contribution in [2.45, 2.75) is 12.3 Å². The Morgan fingerprint density at radius 3 is 2.71 bits per heavy atom. The van der Waals surface area contributed by atoms with Crippen molar-refractivity contribution in [1.29, 1.82) is 0 Å². The summed E-state index contributed by atoms with van der Waals surface area (Å²) >= 11 is 0. The van der Waals surface area contributed by atoms with Gasteiger partial charge in [-0.3, -0.25) is 4.79 Å². The molecule has 0 aliphatic heterocycles. The van der Waals surface area contributed by atoms with Gasteiger partial charge in [-0.25, -0.2) is 4.39 Å². The molecule has 4 nitrogen and oxygen atoms in total. The highest BCUT2D eigenvalue weighted by atomic mass is 19.1. The van der Waals surface area contributed by atoms with E-state index in [-0.39, 0.29) is 13.0 Å². The standard InChI is InChI=1S/C12H16FNO3/c1-16-10-5-3-4-9(13)12(10)8(7-14)6-11(15)17-2/h3-5,8H,6-7,14H2,1-2H3. The molecule has 0 radical (unpaired) electrons. The first-order valence-corrected chi connectivity index (χ1v) is 5.23. The number of carbonyl (C=O) groups is 1.